The Labute approximate surface area is 135 Å². The van der Waals surface area contributed by atoms with Gasteiger partial charge in [0.25, 0.3) is 5.91 Å². The Hall–Kier alpha value is -2.88. The maximum Gasteiger partial charge on any atom is 0.251 e. The average molecular weight is 306 g/mol. The van der Waals surface area contributed by atoms with Gasteiger partial charge in [-0.2, -0.15) is 0 Å². The lowest BCUT2D eigenvalue weighted by atomic mass is 10.1. The van der Waals surface area contributed by atoms with Gasteiger partial charge in [0, 0.05) is 29.3 Å². The summed E-state index contributed by atoms with van der Waals surface area (Å²) in [6.45, 7) is 2.95. The van der Waals surface area contributed by atoms with Gasteiger partial charge in [-0.05, 0) is 37.3 Å². The van der Waals surface area contributed by atoms with Crippen LogP contribution < -0.4 is 10.1 Å². The fourth-order valence-electron chi connectivity index (χ4n) is 2.41. The molecular weight excluding hydrogens is 288 g/mol. The molecule has 0 saturated heterocycles. The zero-order valence-electron chi connectivity index (χ0n) is 13.0. The van der Waals surface area contributed by atoms with E-state index in [0.717, 1.165) is 22.2 Å². The molecule has 0 aliphatic heterocycles. The van der Waals surface area contributed by atoms with Gasteiger partial charge in [-0.15, -0.1) is 0 Å². The molecule has 0 atom stereocenters. The molecule has 0 saturated carbocycles. The summed E-state index contributed by atoms with van der Waals surface area (Å²) in [6.07, 6.45) is 1.78. The highest BCUT2D eigenvalue weighted by molar-refractivity contribution is 5.94. The highest BCUT2D eigenvalue weighted by atomic mass is 16.5. The highest BCUT2D eigenvalue weighted by Crippen LogP contribution is 2.19. The van der Waals surface area contributed by atoms with E-state index in [2.05, 4.69) is 10.3 Å². The number of rotatable bonds is 5. The average Bonchev–Trinajstić information content (AvgIpc) is 2.60. The Kier molecular flexibility index (Phi) is 4.52. The summed E-state index contributed by atoms with van der Waals surface area (Å²) >= 11 is 0. The van der Waals surface area contributed by atoms with Crippen molar-refractivity contribution in [1.82, 2.24) is 10.3 Å². The molecular formula is C19H18N2O2. The molecule has 1 aromatic heterocycles. The van der Waals surface area contributed by atoms with Gasteiger partial charge in [-0.25, -0.2) is 0 Å². The van der Waals surface area contributed by atoms with Crippen molar-refractivity contribution in [2.45, 2.75) is 13.5 Å². The van der Waals surface area contributed by atoms with Crippen molar-refractivity contribution in [2.75, 3.05) is 6.54 Å². The largest absolute Gasteiger partial charge is 0.489 e. The van der Waals surface area contributed by atoms with E-state index in [-0.39, 0.29) is 5.91 Å². The standard InChI is InChI=1S/C19H18N2O2/c1-2-20-19(22)15-8-10-17(11-9-15)23-13-16-6-3-5-14-7-4-12-21-18(14)16/h3-12H,2,13H2,1H3,(H,20,22). The third-order valence-electron chi connectivity index (χ3n) is 3.56. The van der Waals surface area contributed by atoms with Gasteiger partial charge in [0.15, 0.2) is 0 Å². The molecule has 0 radical (unpaired) electrons. The van der Waals surface area contributed by atoms with Gasteiger partial charge < -0.3 is 10.1 Å². The van der Waals surface area contributed by atoms with Crippen molar-refractivity contribution in [3.05, 3.63) is 71.9 Å². The first kappa shape index (κ1) is 15.0. The molecule has 3 rings (SSSR count). The van der Waals surface area contributed by atoms with Crippen LogP contribution in [-0.2, 0) is 6.61 Å². The second-order valence-electron chi connectivity index (χ2n) is 5.16. The number of carbonyl (C=O) groups excluding carboxylic acids is 1. The molecule has 1 N–H and O–H groups in total. The molecule has 0 spiro atoms. The van der Waals surface area contributed by atoms with Gasteiger partial charge in [-0.1, -0.05) is 24.3 Å². The van der Waals surface area contributed by atoms with Gasteiger partial charge in [0.2, 0.25) is 0 Å². The third-order valence-corrected chi connectivity index (χ3v) is 3.56. The molecule has 116 valence electrons. The SMILES string of the molecule is CCNC(=O)c1ccc(OCc2cccc3cccnc23)cc1. The molecule has 0 aliphatic rings. The first-order chi connectivity index (χ1) is 11.3. The number of fused-ring (bicyclic) bond motifs is 1. The summed E-state index contributed by atoms with van der Waals surface area (Å²) in [7, 11) is 0. The number of para-hydroxylation sites is 1. The van der Waals surface area contributed by atoms with Crippen LogP contribution >= 0.6 is 0 Å². The summed E-state index contributed by atoms with van der Waals surface area (Å²) in [4.78, 5) is 16.1. The first-order valence-electron chi connectivity index (χ1n) is 7.61. The van der Waals surface area contributed by atoms with E-state index in [4.69, 9.17) is 4.74 Å². The van der Waals surface area contributed by atoms with Crippen LogP contribution in [0.2, 0.25) is 0 Å². The summed E-state index contributed by atoms with van der Waals surface area (Å²) < 4.78 is 5.82. The van der Waals surface area contributed by atoms with Crippen molar-refractivity contribution in [3.8, 4) is 5.75 Å². The van der Waals surface area contributed by atoms with Crippen LogP contribution in [0, 0.1) is 0 Å². The highest BCUT2D eigenvalue weighted by Gasteiger charge is 2.05. The van der Waals surface area contributed by atoms with E-state index in [1.54, 1.807) is 18.3 Å². The molecule has 4 heteroatoms. The first-order valence-corrected chi connectivity index (χ1v) is 7.61. The summed E-state index contributed by atoms with van der Waals surface area (Å²) in [6, 6.07) is 17.2. The Morgan fingerprint density at radius 2 is 1.87 bits per heavy atom. The number of hydrogen-bond donors (Lipinski definition) is 1. The number of amides is 1. The van der Waals surface area contributed by atoms with Crippen LogP contribution in [-0.4, -0.2) is 17.4 Å². The third kappa shape index (κ3) is 3.48. The van der Waals surface area contributed by atoms with Crippen LogP contribution in [0.4, 0.5) is 0 Å². The van der Waals surface area contributed by atoms with E-state index >= 15 is 0 Å². The Morgan fingerprint density at radius 3 is 2.65 bits per heavy atom. The van der Waals surface area contributed by atoms with E-state index in [1.165, 1.54) is 0 Å². The van der Waals surface area contributed by atoms with Crippen molar-refractivity contribution in [3.63, 3.8) is 0 Å². The number of nitrogens with one attached hydrogen (secondary N) is 1. The lowest BCUT2D eigenvalue weighted by molar-refractivity contribution is 0.0956. The van der Waals surface area contributed by atoms with Gasteiger partial charge in [0.1, 0.15) is 12.4 Å². The van der Waals surface area contributed by atoms with Crippen molar-refractivity contribution < 1.29 is 9.53 Å². The van der Waals surface area contributed by atoms with Crippen molar-refractivity contribution >= 4 is 16.8 Å². The fourth-order valence-corrected chi connectivity index (χ4v) is 2.41. The number of ether oxygens (including phenoxy) is 1. The van der Waals surface area contributed by atoms with E-state index in [9.17, 15) is 4.79 Å². The van der Waals surface area contributed by atoms with Crippen LogP contribution in [0.15, 0.2) is 60.8 Å². The molecule has 0 fully saturated rings. The number of pyridine rings is 1. The maximum absolute atomic E-state index is 11.7. The van der Waals surface area contributed by atoms with Crippen LogP contribution in [0.1, 0.15) is 22.8 Å². The van der Waals surface area contributed by atoms with E-state index < -0.39 is 0 Å². The molecule has 1 heterocycles. The molecule has 3 aromatic rings. The van der Waals surface area contributed by atoms with Gasteiger partial charge in [0.05, 0.1) is 5.52 Å². The number of benzene rings is 2. The van der Waals surface area contributed by atoms with Crippen molar-refractivity contribution in [1.29, 1.82) is 0 Å². The lowest BCUT2D eigenvalue weighted by Gasteiger charge is -2.09. The van der Waals surface area contributed by atoms with E-state index in [0.29, 0.717) is 18.7 Å². The monoisotopic (exact) mass is 306 g/mol. The number of hydrogen-bond acceptors (Lipinski definition) is 3. The van der Waals surface area contributed by atoms with E-state index in [1.807, 2.05) is 49.4 Å². The van der Waals surface area contributed by atoms with Crippen LogP contribution in [0.3, 0.4) is 0 Å². The van der Waals surface area contributed by atoms with Crippen LogP contribution in [0.5, 0.6) is 5.75 Å². The van der Waals surface area contributed by atoms with Crippen molar-refractivity contribution in [2.24, 2.45) is 0 Å². The molecule has 23 heavy (non-hydrogen) atoms. The van der Waals surface area contributed by atoms with Crippen LogP contribution in [0.25, 0.3) is 10.9 Å². The zero-order valence-corrected chi connectivity index (χ0v) is 13.0. The molecule has 2 aromatic carbocycles. The molecule has 0 bridgehead atoms. The predicted octanol–water partition coefficient (Wildman–Crippen LogP) is 3.56. The number of aromatic nitrogens is 1. The minimum absolute atomic E-state index is 0.0719. The fraction of sp³-hybridized carbons (Fsp3) is 0.158. The number of carbonyl (C=O) groups is 1. The smallest absolute Gasteiger partial charge is 0.251 e. The number of nitrogens with zero attached hydrogens (tertiary/aromatic N) is 1. The molecule has 4 nitrogen and oxygen atoms in total. The minimum atomic E-state index is -0.0719. The van der Waals surface area contributed by atoms with Gasteiger partial charge >= 0.3 is 0 Å². The topological polar surface area (TPSA) is 51.2 Å². The summed E-state index contributed by atoms with van der Waals surface area (Å²) in [5.41, 5.74) is 2.62. The summed E-state index contributed by atoms with van der Waals surface area (Å²) in [5, 5.41) is 3.87. The molecule has 1 amide bonds. The Balaban J connectivity index is 1.71. The predicted molar refractivity (Wildman–Crippen MR) is 90.5 cm³/mol. The normalized spacial score (nSPS) is 10.5. The Morgan fingerprint density at radius 1 is 1.09 bits per heavy atom. The molecule has 0 unspecified atom stereocenters. The second kappa shape index (κ2) is 6.92. The minimum Gasteiger partial charge on any atom is -0.489 e. The maximum atomic E-state index is 11.7. The molecule has 0 aliphatic carbocycles. The Bertz CT molecular complexity index is 808. The van der Waals surface area contributed by atoms with Gasteiger partial charge in [-0.3, -0.25) is 9.78 Å². The quantitative estimate of drug-likeness (QED) is 0.784. The lowest BCUT2D eigenvalue weighted by Crippen LogP contribution is -2.22. The second-order valence-corrected chi connectivity index (χ2v) is 5.16. The summed E-state index contributed by atoms with van der Waals surface area (Å²) in [5.74, 6) is 0.656. The zero-order chi connectivity index (χ0) is 16.1.